The summed E-state index contributed by atoms with van der Waals surface area (Å²) in [5, 5.41) is 0.207. The Morgan fingerprint density at radius 3 is 2.00 bits per heavy atom. The van der Waals surface area contributed by atoms with Crippen molar-refractivity contribution in [2.45, 2.75) is 6.61 Å². The average Bonchev–Trinajstić information content (AvgIpc) is 2.88. The van der Waals surface area contributed by atoms with Crippen molar-refractivity contribution >= 4 is 73.9 Å². The summed E-state index contributed by atoms with van der Waals surface area (Å²) in [5.74, 6) is 0.0875. The van der Waals surface area contributed by atoms with E-state index in [1.807, 2.05) is 30.3 Å². The molecule has 3 rings (SSSR count). The maximum absolute atomic E-state index is 12.6. The van der Waals surface area contributed by atoms with Crippen molar-refractivity contribution in [2.24, 2.45) is 7.05 Å². The molecule has 0 bridgehead atoms. The lowest BCUT2D eigenvalue weighted by Crippen LogP contribution is -2.19. The van der Waals surface area contributed by atoms with Gasteiger partial charge in [-0.15, -0.1) is 0 Å². The smallest absolute Gasteiger partial charge is 0.286 e. The normalized spacial score (nSPS) is 11.1. The molecular formula is C17H10BrCl5N2O2. The molecule has 0 saturated carbocycles. The summed E-state index contributed by atoms with van der Waals surface area (Å²) in [4.78, 5) is 12.6. The minimum atomic E-state index is -0.230. The Bertz CT molecular complexity index is 1050. The molecular weight excluding hydrogens is 521 g/mol. The highest BCUT2D eigenvalue weighted by Gasteiger charge is 2.23. The zero-order valence-corrected chi connectivity index (χ0v) is 18.9. The molecule has 3 aromatic rings. The van der Waals surface area contributed by atoms with Gasteiger partial charge in [0.1, 0.15) is 21.1 Å². The van der Waals surface area contributed by atoms with Crippen LogP contribution >= 0.6 is 73.9 Å². The maximum atomic E-state index is 12.6. The lowest BCUT2D eigenvalue weighted by molar-refractivity contribution is 0.293. The first-order valence-electron chi connectivity index (χ1n) is 7.41. The predicted octanol–water partition coefficient (Wildman–Crippen LogP) is 6.78. The topological polar surface area (TPSA) is 36.2 Å². The average molecular weight is 531 g/mol. The highest BCUT2D eigenvalue weighted by Crippen LogP contribution is 2.48. The van der Waals surface area contributed by atoms with Crippen LogP contribution in [0.25, 0.3) is 5.69 Å². The SMILES string of the molecule is Cn1c(COc2c(Cl)c(Cl)c(Cl)c(Cl)c2Cl)c(Br)c(=O)n1-c1ccccc1. The van der Waals surface area contributed by atoms with E-state index in [2.05, 4.69) is 15.9 Å². The minimum absolute atomic E-state index is 0.0140. The second kappa shape index (κ2) is 8.27. The van der Waals surface area contributed by atoms with Crippen LogP contribution in [0, 0.1) is 0 Å². The number of aromatic nitrogens is 2. The number of rotatable bonds is 4. The van der Waals surface area contributed by atoms with Gasteiger partial charge in [0.25, 0.3) is 5.56 Å². The van der Waals surface area contributed by atoms with Gasteiger partial charge in [-0.1, -0.05) is 76.2 Å². The van der Waals surface area contributed by atoms with Crippen LogP contribution in [-0.2, 0) is 13.7 Å². The van der Waals surface area contributed by atoms with Gasteiger partial charge >= 0.3 is 0 Å². The van der Waals surface area contributed by atoms with E-state index in [4.69, 9.17) is 62.7 Å². The molecule has 0 N–H and O–H groups in total. The standard InChI is InChI=1S/C17H10BrCl5N2O2/c1-24-9(10(18)17(26)25(24)8-5-3-2-4-6-8)7-27-16-14(22)12(20)11(19)13(21)15(16)23/h2-6H,7H2,1H3. The molecule has 0 aliphatic rings. The summed E-state index contributed by atoms with van der Waals surface area (Å²) in [7, 11) is 1.74. The summed E-state index contributed by atoms with van der Waals surface area (Å²) in [5.41, 5.74) is 1.05. The first-order valence-corrected chi connectivity index (χ1v) is 10.1. The van der Waals surface area contributed by atoms with Crippen LogP contribution in [0.1, 0.15) is 5.69 Å². The van der Waals surface area contributed by atoms with Crippen LogP contribution in [0.4, 0.5) is 0 Å². The zero-order chi connectivity index (χ0) is 19.9. The second-order valence-corrected chi connectivity index (χ2v) is 8.11. The highest BCUT2D eigenvalue weighted by atomic mass is 79.9. The van der Waals surface area contributed by atoms with E-state index in [0.717, 1.165) is 0 Å². The molecule has 0 amide bonds. The number of ether oxygens (including phenoxy) is 1. The van der Waals surface area contributed by atoms with Crippen molar-refractivity contribution in [2.75, 3.05) is 0 Å². The molecule has 1 aromatic heterocycles. The number of para-hydroxylation sites is 1. The van der Waals surface area contributed by atoms with E-state index >= 15 is 0 Å². The van der Waals surface area contributed by atoms with Crippen LogP contribution in [0.15, 0.2) is 39.6 Å². The highest BCUT2D eigenvalue weighted by molar-refractivity contribution is 9.10. The molecule has 27 heavy (non-hydrogen) atoms. The van der Waals surface area contributed by atoms with Gasteiger partial charge in [-0.05, 0) is 28.1 Å². The Hall–Kier alpha value is -0.820. The minimum Gasteiger partial charge on any atom is -0.484 e. The van der Waals surface area contributed by atoms with Gasteiger partial charge in [-0.3, -0.25) is 9.48 Å². The summed E-state index contributed by atoms with van der Waals surface area (Å²) in [6.45, 7) is -0.0140. The molecule has 0 fully saturated rings. The van der Waals surface area contributed by atoms with E-state index in [9.17, 15) is 4.79 Å². The van der Waals surface area contributed by atoms with E-state index in [-0.39, 0.29) is 43.0 Å². The lowest BCUT2D eigenvalue weighted by Gasteiger charge is -2.15. The molecule has 2 aromatic carbocycles. The molecule has 142 valence electrons. The van der Waals surface area contributed by atoms with E-state index in [1.54, 1.807) is 11.7 Å². The van der Waals surface area contributed by atoms with E-state index in [0.29, 0.717) is 15.9 Å². The van der Waals surface area contributed by atoms with Gasteiger partial charge in [0.05, 0.1) is 26.4 Å². The van der Waals surface area contributed by atoms with Crippen LogP contribution in [-0.4, -0.2) is 9.36 Å². The fraction of sp³-hybridized carbons (Fsp3) is 0.118. The summed E-state index contributed by atoms with van der Waals surface area (Å²) in [6, 6.07) is 9.21. The van der Waals surface area contributed by atoms with Crippen molar-refractivity contribution in [3.05, 3.63) is 76.0 Å². The molecule has 4 nitrogen and oxygen atoms in total. The Morgan fingerprint density at radius 1 is 0.926 bits per heavy atom. The van der Waals surface area contributed by atoms with E-state index < -0.39 is 0 Å². The number of halogens is 6. The third-order valence-corrected chi connectivity index (χ3v) is 6.89. The largest absolute Gasteiger partial charge is 0.484 e. The number of hydrogen-bond donors (Lipinski definition) is 0. The van der Waals surface area contributed by atoms with Gasteiger partial charge in [0.15, 0.2) is 5.75 Å². The van der Waals surface area contributed by atoms with Crippen LogP contribution < -0.4 is 10.3 Å². The zero-order valence-electron chi connectivity index (χ0n) is 13.6. The van der Waals surface area contributed by atoms with Gasteiger partial charge in [-0.2, -0.15) is 0 Å². The fourth-order valence-electron chi connectivity index (χ4n) is 2.48. The second-order valence-electron chi connectivity index (χ2n) is 5.42. The van der Waals surface area contributed by atoms with Gasteiger partial charge in [0, 0.05) is 7.05 Å². The van der Waals surface area contributed by atoms with Crippen molar-refractivity contribution in [1.29, 1.82) is 0 Å². The fourth-order valence-corrected chi connectivity index (χ4v) is 4.25. The van der Waals surface area contributed by atoms with Crippen LogP contribution in [0.5, 0.6) is 5.75 Å². The molecule has 0 aliphatic heterocycles. The van der Waals surface area contributed by atoms with E-state index in [1.165, 1.54) is 4.68 Å². The number of hydrogen-bond acceptors (Lipinski definition) is 2. The Morgan fingerprint density at radius 2 is 1.44 bits per heavy atom. The quantitative estimate of drug-likeness (QED) is 0.275. The molecule has 1 heterocycles. The van der Waals surface area contributed by atoms with Crippen molar-refractivity contribution < 1.29 is 4.74 Å². The van der Waals surface area contributed by atoms with Crippen molar-refractivity contribution in [1.82, 2.24) is 9.36 Å². The maximum Gasteiger partial charge on any atom is 0.286 e. The third kappa shape index (κ3) is 3.74. The summed E-state index contributed by atoms with van der Waals surface area (Å²) < 4.78 is 9.27. The van der Waals surface area contributed by atoms with Gasteiger partial charge < -0.3 is 4.74 Å². The first kappa shape index (κ1) is 20.9. The van der Waals surface area contributed by atoms with Crippen molar-refractivity contribution in [3.8, 4) is 11.4 Å². The van der Waals surface area contributed by atoms with Crippen LogP contribution in [0.2, 0.25) is 25.1 Å². The number of benzene rings is 2. The molecule has 0 spiro atoms. The summed E-state index contributed by atoms with van der Waals surface area (Å²) >= 11 is 33.8. The van der Waals surface area contributed by atoms with Crippen LogP contribution in [0.3, 0.4) is 0 Å². The third-order valence-electron chi connectivity index (χ3n) is 3.85. The molecule has 0 radical (unpaired) electrons. The molecule has 0 aliphatic carbocycles. The molecule has 10 heteroatoms. The Kier molecular flexibility index (Phi) is 6.41. The predicted molar refractivity (Wildman–Crippen MR) is 115 cm³/mol. The molecule has 0 atom stereocenters. The van der Waals surface area contributed by atoms with Crippen molar-refractivity contribution in [3.63, 3.8) is 0 Å². The molecule has 0 saturated heterocycles. The summed E-state index contributed by atoms with van der Waals surface area (Å²) in [6.07, 6.45) is 0. The number of nitrogens with zero attached hydrogens (tertiary/aromatic N) is 2. The van der Waals surface area contributed by atoms with Gasteiger partial charge in [-0.25, -0.2) is 4.68 Å². The molecule has 0 unspecified atom stereocenters. The first-order chi connectivity index (χ1) is 12.8. The lowest BCUT2D eigenvalue weighted by atomic mass is 10.3. The Balaban J connectivity index is 2.01. The monoisotopic (exact) mass is 528 g/mol. The Labute approximate surface area is 188 Å². The van der Waals surface area contributed by atoms with Gasteiger partial charge in [0.2, 0.25) is 0 Å².